The lowest BCUT2D eigenvalue weighted by atomic mass is 10.2. The van der Waals surface area contributed by atoms with Crippen LogP contribution in [0, 0.1) is 0 Å². The minimum atomic E-state index is -3.96. The number of benzene rings is 1. The number of hydrogen-bond donors (Lipinski definition) is 2. The second-order valence-corrected chi connectivity index (χ2v) is 6.04. The average Bonchev–Trinajstić information content (AvgIpc) is 2.28. The molecule has 5 nitrogen and oxygen atoms in total. The van der Waals surface area contributed by atoms with Crippen molar-refractivity contribution < 1.29 is 22.7 Å². The van der Waals surface area contributed by atoms with Gasteiger partial charge >= 0.3 is 5.97 Å². The summed E-state index contributed by atoms with van der Waals surface area (Å²) in [5.74, 6) is -1.34. The summed E-state index contributed by atoms with van der Waals surface area (Å²) in [6, 6.07) is 3.82. The topological polar surface area (TPSA) is 83.5 Å². The van der Waals surface area contributed by atoms with Gasteiger partial charge in [-0.05, 0) is 24.6 Å². The molecule has 8 heteroatoms. The maximum absolute atomic E-state index is 11.9. The molecule has 0 radical (unpaired) electrons. The Morgan fingerprint density at radius 1 is 1.44 bits per heavy atom. The van der Waals surface area contributed by atoms with Crippen molar-refractivity contribution in [1.82, 2.24) is 4.72 Å². The molecule has 0 spiro atoms. The Labute approximate surface area is 112 Å². The van der Waals surface area contributed by atoms with Crippen molar-refractivity contribution in [3.8, 4) is 0 Å². The summed E-state index contributed by atoms with van der Waals surface area (Å²) >= 11 is 3.07. The Kier molecular flexibility index (Phi) is 5.24. The van der Waals surface area contributed by atoms with Crippen molar-refractivity contribution in [2.75, 3.05) is 13.2 Å². The second-order valence-electron chi connectivity index (χ2n) is 3.39. The van der Waals surface area contributed by atoms with Gasteiger partial charge in [0.15, 0.2) is 0 Å². The van der Waals surface area contributed by atoms with Gasteiger partial charge in [-0.3, -0.25) is 4.39 Å². The molecule has 100 valence electrons. The molecule has 1 aromatic rings. The number of alkyl halides is 1. The van der Waals surface area contributed by atoms with Gasteiger partial charge in [-0.1, -0.05) is 15.9 Å². The molecular weight excluding hydrogens is 329 g/mol. The van der Waals surface area contributed by atoms with E-state index in [0.29, 0.717) is 4.47 Å². The predicted octanol–water partition coefficient (Wildman–Crippen LogP) is 1.79. The second kappa shape index (κ2) is 6.26. The van der Waals surface area contributed by atoms with Crippen LogP contribution >= 0.6 is 15.9 Å². The van der Waals surface area contributed by atoms with Gasteiger partial charge in [-0.15, -0.1) is 0 Å². The standard InChI is InChI=1S/C10H11BrFNO4S/c11-7-2-3-8(10(14)15)9(6-7)18(16,17)13-5-1-4-12/h2-3,6,13H,1,4-5H2,(H,14,15). The number of halogens is 2. The summed E-state index contributed by atoms with van der Waals surface area (Å²) in [7, 11) is -3.96. The van der Waals surface area contributed by atoms with Crippen LogP contribution in [0.4, 0.5) is 4.39 Å². The van der Waals surface area contributed by atoms with Crippen LogP contribution in [-0.4, -0.2) is 32.7 Å². The molecule has 0 heterocycles. The van der Waals surface area contributed by atoms with Crippen molar-refractivity contribution in [3.05, 3.63) is 28.2 Å². The van der Waals surface area contributed by atoms with E-state index in [2.05, 4.69) is 20.7 Å². The number of sulfonamides is 1. The number of nitrogens with one attached hydrogen (secondary N) is 1. The van der Waals surface area contributed by atoms with Gasteiger partial charge in [0.1, 0.15) is 0 Å². The quantitative estimate of drug-likeness (QED) is 0.774. The third kappa shape index (κ3) is 3.76. The first-order valence-corrected chi connectivity index (χ1v) is 7.24. The molecule has 0 bridgehead atoms. The van der Waals surface area contributed by atoms with Gasteiger partial charge in [0.25, 0.3) is 0 Å². The molecule has 0 atom stereocenters. The normalized spacial score (nSPS) is 11.4. The Hall–Kier alpha value is -0.990. The summed E-state index contributed by atoms with van der Waals surface area (Å²) in [5, 5.41) is 8.92. The third-order valence-electron chi connectivity index (χ3n) is 2.07. The van der Waals surface area contributed by atoms with E-state index in [-0.39, 0.29) is 23.4 Å². The molecule has 0 aliphatic carbocycles. The Morgan fingerprint density at radius 2 is 2.11 bits per heavy atom. The van der Waals surface area contributed by atoms with E-state index in [1.165, 1.54) is 18.2 Å². The number of carboxylic acids is 1. The number of carbonyl (C=O) groups is 1. The average molecular weight is 340 g/mol. The van der Waals surface area contributed by atoms with Crippen LogP contribution < -0.4 is 4.72 Å². The minimum Gasteiger partial charge on any atom is -0.478 e. The Morgan fingerprint density at radius 3 is 2.67 bits per heavy atom. The molecule has 0 fully saturated rings. The molecule has 0 amide bonds. The van der Waals surface area contributed by atoms with Gasteiger partial charge in [0.05, 0.1) is 17.1 Å². The van der Waals surface area contributed by atoms with Gasteiger partial charge < -0.3 is 5.11 Å². The maximum Gasteiger partial charge on any atom is 0.337 e. The lowest BCUT2D eigenvalue weighted by molar-refractivity contribution is 0.0692. The fourth-order valence-electron chi connectivity index (χ4n) is 1.25. The van der Waals surface area contributed by atoms with Crippen LogP contribution in [0.2, 0.25) is 0 Å². The van der Waals surface area contributed by atoms with Gasteiger partial charge in [-0.2, -0.15) is 0 Å². The highest BCUT2D eigenvalue weighted by Gasteiger charge is 2.22. The highest BCUT2D eigenvalue weighted by molar-refractivity contribution is 9.10. The lowest BCUT2D eigenvalue weighted by Gasteiger charge is -2.09. The highest BCUT2D eigenvalue weighted by Crippen LogP contribution is 2.21. The first-order chi connectivity index (χ1) is 8.38. The van der Waals surface area contributed by atoms with E-state index in [1.54, 1.807) is 0 Å². The molecule has 0 saturated heterocycles. The zero-order chi connectivity index (χ0) is 13.8. The molecule has 0 aliphatic heterocycles. The van der Waals surface area contributed by atoms with E-state index in [1.807, 2.05) is 0 Å². The van der Waals surface area contributed by atoms with E-state index in [9.17, 15) is 17.6 Å². The first kappa shape index (κ1) is 15.1. The summed E-state index contributed by atoms with van der Waals surface area (Å²) in [6.45, 7) is -0.725. The number of carboxylic acid groups (broad SMARTS) is 1. The van der Waals surface area contributed by atoms with Crippen molar-refractivity contribution in [2.24, 2.45) is 0 Å². The first-order valence-electron chi connectivity index (χ1n) is 4.97. The Balaban J connectivity index is 3.14. The van der Waals surface area contributed by atoms with Crippen molar-refractivity contribution in [2.45, 2.75) is 11.3 Å². The van der Waals surface area contributed by atoms with Gasteiger partial charge in [0.2, 0.25) is 10.0 Å². The fourth-order valence-corrected chi connectivity index (χ4v) is 3.05. The molecule has 1 rings (SSSR count). The van der Waals surface area contributed by atoms with Gasteiger partial charge in [0, 0.05) is 11.0 Å². The van der Waals surface area contributed by atoms with Crippen molar-refractivity contribution in [1.29, 1.82) is 0 Å². The summed E-state index contributed by atoms with van der Waals surface area (Å²) in [6.07, 6.45) is 0.0373. The summed E-state index contributed by atoms with van der Waals surface area (Å²) in [4.78, 5) is 10.6. The van der Waals surface area contributed by atoms with Crippen LogP contribution in [0.25, 0.3) is 0 Å². The Bertz CT molecular complexity index is 547. The van der Waals surface area contributed by atoms with E-state index < -0.39 is 22.7 Å². The van der Waals surface area contributed by atoms with Crippen LogP contribution in [0.5, 0.6) is 0 Å². The van der Waals surface area contributed by atoms with E-state index in [4.69, 9.17) is 5.11 Å². The predicted molar refractivity (Wildman–Crippen MR) is 66.9 cm³/mol. The minimum absolute atomic E-state index is 0.0373. The maximum atomic E-state index is 11.9. The molecular formula is C10H11BrFNO4S. The number of rotatable bonds is 6. The lowest BCUT2D eigenvalue weighted by Crippen LogP contribution is -2.26. The SMILES string of the molecule is O=C(O)c1ccc(Br)cc1S(=O)(=O)NCCCF. The van der Waals surface area contributed by atoms with E-state index >= 15 is 0 Å². The molecule has 0 aromatic heterocycles. The fraction of sp³-hybridized carbons (Fsp3) is 0.300. The summed E-state index contributed by atoms with van der Waals surface area (Å²) < 4.78 is 38.2. The number of aromatic carboxylic acids is 1. The monoisotopic (exact) mass is 339 g/mol. The summed E-state index contributed by atoms with van der Waals surface area (Å²) in [5.41, 5.74) is -0.328. The van der Waals surface area contributed by atoms with Crippen LogP contribution in [-0.2, 0) is 10.0 Å². The van der Waals surface area contributed by atoms with Gasteiger partial charge in [-0.25, -0.2) is 17.9 Å². The molecule has 0 saturated carbocycles. The van der Waals surface area contributed by atoms with Crippen LogP contribution in [0.15, 0.2) is 27.6 Å². The molecule has 2 N–H and O–H groups in total. The van der Waals surface area contributed by atoms with Crippen molar-refractivity contribution >= 4 is 31.9 Å². The van der Waals surface area contributed by atoms with Crippen LogP contribution in [0.1, 0.15) is 16.8 Å². The van der Waals surface area contributed by atoms with E-state index in [0.717, 1.165) is 0 Å². The third-order valence-corrected chi connectivity index (χ3v) is 4.06. The molecule has 0 unspecified atom stereocenters. The van der Waals surface area contributed by atoms with Crippen LogP contribution in [0.3, 0.4) is 0 Å². The molecule has 18 heavy (non-hydrogen) atoms. The van der Waals surface area contributed by atoms with Crippen molar-refractivity contribution in [3.63, 3.8) is 0 Å². The number of hydrogen-bond acceptors (Lipinski definition) is 3. The zero-order valence-corrected chi connectivity index (χ0v) is 11.6. The smallest absolute Gasteiger partial charge is 0.337 e. The molecule has 1 aromatic carbocycles. The highest BCUT2D eigenvalue weighted by atomic mass is 79.9. The zero-order valence-electron chi connectivity index (χ0n) is 9.19. The largest absolute Gasteiger partial charge is 0.478 e. The molecule has 0 aliphatic rings.